The minimum atomic E-state index is -0.457. The van der Waals surface area contributed by atoms with Gasteiger partial charge in [0.15, 0.2) is 0 Å². The molecule has 1 aliphatic rings. The molecule has 0 saturated heterocycles. The molecule has 0 saturated carbocycles. The van der Waals surface area contributed by atoms with Crippen LogP contribution in [0, 0.1) is 5.92 Å². The standard InChI is InChI=1S/C16H15N3O3S2/c20-14(18-19-16(22)13-6-3-7-23-13)8-10-9-24-12-5-2-1-4-11(12)17-15(10)21/h1-7,10H,8-9H2,(H,17,21)(H,18,20)(H,19,22). The Morgan fingerprint density at radius 1 is 1.17 bits per heavy atom. The maximum absolute atomic E-state index is 12.2. The molecule has 24 heavy (non-hydrogen) atoms. The molecule has 3 rings (SSSR count). The summed E-state index contributed by atoms with van der Waals surface area (Å²) in [6.45, 7) is 0. The van der Waals surface area contributed by atoms with Gasteiger partial charge in [-0.1, -0.05) is 18.2 Å². The van der Waals surface area contributed by atoms with E-state index in [0.29, 0.717) is 10.6 Å². The fraction of sp³-hybridized carbons (Fsp3) is 0.188. The Labute approximate surface area is 147 Å². The van der Waals surface area contributed by atoms with Crippen molar-refractivity contribution in [2.45, 2.75) is 11.3 Å². The van der Waals surface area contributed by atoms with E-state index in [1.54, 1.807) is 17.5 Å². The normalized spacial score (nSPS) is 16.5. The minimum Gasteiger partial charge on any atom is -0.325 e. The van der Waals surface area contributed by atoms with Gasteiger partial charge < -0.3 is 5.32 Å². The summed E-state index contributed by atoms with van der Waals surface area (Å²) >= 11 is 2.82. The molecule has 0 bridgehead atoms. The van der Waals surface area contributed by atoms with Crippen LogP contribution in [0.1, 0.15) is 16.1 Å². The first-order valence-electron chi connectivity index (χ1n) is 7.29. The van der Waals surface area contributed by atoms with Gasteiger partial charge in [0.1, 0.15) is 0 Å². The van der Waals surface area contributed by atoms with E-state index in [0.717, 1.165) is 10.6 Å². The van der Waals surface area contributed by atoms with Gasteiger partial charge in [-0.3, -0.25) is 25.2 Å². The van der Waals surface area contributed by atoms with E-state index in [1.165, 1.54) is 23.1 Å². The molecule has 3 amide bonds. The number of para-hydroxylation sites is 1. The van der Waals surface area contributed by atoms with E-state index < -0.39 is 11.8 Å². The largest absolute Gasteiger partial charge is 0.325 e. The second-order valence-electron chi connectivity index (χ2n) is 5.18. The summed E-state index contributed by atoms with van der Waals surface area (Å²) in [6.07, 6.45) is 0.0115. The molecule has 6 nitrogen and oxygen atoms in total. The zero-order valence-corrected chi connectivity index (χ0v) is 14.2. The van der Waals surface area contributed by atoms with Crippen molar-refractivity contribution in [2.75, 3.05) is 11.1 Å². The van der Waals surface area contributed by atoms with Crippen molar-refractivity contribution in [3.63, 3.8) is 0 Å². The van der Waals surface area contributed by atoms with Gasteiger partial charge in [0, 0.05) is 17.1 Å². The molecule has 1 unspecified atom stereocenters. The first-order valence-corrected chi connectivity index (χ1v) is 9.15. The molecule has 8 heteroatoms. The van der Waals surface area contributed by atoms with Gasteiger partial charge in [-0.25, -0.2) is 0 Å². The van der Waals surface area contributed by atoms with Gasteiger partial charge in [0.25, 0.3) is 5.91 Å². The quantitative estimate of drug-likeness (QED) is 0.732. The monoisotopic (exact) mass is 361 g/mol. The Morgan fingerprint density at radius 2 is 2.00 bits per heavy atom. The smallest absolute Gasteiger partial charge is 0.279 e. The van der Waals surface area contributed by atoms with Gasteiger partial charge in [0.2, 0.25) is 11.8 Å². The van der Waals surface area contributed by atoms with Crippen LogP contribution in [0.4, 0.5) is 5.69 Å². The summed E-state index contributed by atoms with van der Waals surface area (Å²) in [7, 11) is 0. The number of hydrazine groups is 1. The first kappa shape index (κ1) is 16.5. The van der Waals surface area contributed by atoms with Crippen LogP contribution >= 0.6 is 23.1 Å². The highest BCUT2D eigenvalue weighted by Gasteiger charge is 2.26. The van der Waals surface area contributed by atoms with Crippen molar-refractivity contribution < 1.29 is 14.4 Å². The summed E-state index contributed by atoms with van der Waals surface area (Å²) in [5.41, 5.74) is 5.48. The summed E-state index contributed by atoms with van der Waals surface area (Å²) < 4.78 is 0. The number of nitrogens with one attached hydrogen (secondary N) is 3. The van der Waals surface area contributed by atoms with Gasteiger partial charge in [-0.05, 0) is 23.6 Å². The van der Waals surface area contributed by atoms with Crippen LogP contribution in [0.5, 0.6) is 0 Å². The minimum absolute atomic E-state index is 0.0115. The fourth-order valence-electron chi connectivity index (χ4n) is 2.22. The number of amides is 3. The number of benzene rings is 1. The number of thiophene rings is 1. The number of thioether (sulfide) groups is 1. The number of hydrogen-bond acceptors (Lipinski definition) is 5. The molecular formula is C16H15N3O3S2. The van der Waals surface area contributed by atoms with E-state index >= 15 is 0 Å². The SMILES string of the molecule is O=C(CC1CSc2ccccc2NC1=O)NNC(=O)c1cccs1. The molecule has 1 aromatic carbocycles. The summed E-state index contributed by atoms with van der Waals surface area (Å²) in [5, 5.41) is 4.62. The summed E-state index contributed by atoms with van der Waals surface area (Å²) in [6, 6.07) is 11.0. The number of fused-ring (bicyclic) bond motifs is 1. The predicted molar refractivity (Wildman–Crippen MR) is 93.8 cm³/mol. The highest BCUT2D eigenvalue weighted by atomic mass is 32.2. The Morgan fingerprint density at radius 3 is 2.79 bits per heavy atom. The van der Waals surface area contributed by atoms with Gasteiger partial charge in [0.05, 0.1) is 16.5 Å². The van der Waals surface area contributed by atoms with Crippen LogP contribution in [0.2, 0.25) is 0 Å². The lowest BCUT2D eigenvalue weighted by atomic mass is 10.1. The molecule has 2 aromatic rings. The van der Waals surface area contributed by atoms with Gasteiger partial charge >= 0.3 is 0 Å². The third-order valence-electron chi connectivity index (χ3n) is 3.45. The highest BCUT2D eigenvalue weighted by Crippen LogP contribution is 2.32. The second kappa shape index (κ2) is 7.50. The third-order valence-corrected chi connectivity index (χ3v) is 5.55. The molecule has 1 aromatic heterocycles. The Balaban J connectivity index is 1.53. The molecule has 0 spiro atoms. The molecule has 1 aliphatic heterocycles. The third kappa shape index (κ3) is 3.95. The first-order chi connectivity index (χ1) is 11.6. The predicted octanol–water partition coefficient (Wildman–Crippen LogP) is 2.26. The number of rotatable bonds is 3. The molecule has 2 heterocycles. The van der Waals surface area contributed by atoms with Crippen molar-refractivity contribution >= 4 is 46.5 Å². The van der Waals surface area contributed by atoms with Crippen LogP contribution in [-0.4, -0.2) is 23.5 Å². The van der Waals surface area contributed by atoms with E-state index in [-0.39, 0.29) is 18.2 Å². The lowest BCUT2D eigenvalue weighted by Gasteiger charge is -2.13. The van der Waals surface area contributed by atoms with Crippen LogP contribution < -0.4 is 16.2 Å². The van der Waals surface area contributed by atoms with Gasteiger partial charge in [-0.2, -0.15) is 0 Å². The Kier molecular flexibility index (Phi) is 5.17. The van der Waals surface area contributed by atoms with Crippen LogP contribution in [0.25, 0.3) is 0 Å². The molecular weight excluding hydrogens is 346 g/mol. The van der Waals surface area contributed by atoms with E-state index in [1.807, 2.05) is 24.3 Å². The van der Waals surface area contributed by atoms with E-state index in [9.17, 15) is 14.4 Å². The fourth-order valence-corrected chi connectivity index (χ4v) is 3.94. The maximum atomic E-state index is 12.2. The van der Waals surface area contributed by atoms with Crippen molar-refractivity contribution in [3.8, 4) is 0 Å². The average Bonchev–Trinajstić information content (AvgIpc) is 3.07. The van der Waals surface area contributed by atoms with E-state index in [2.05, 4.69) is 16.2 Å². The summed E-state index contributed by atoms with van der Waals surface area (Å²) in [5.74, 6) is -0.903. The van der Waals surface area contributed by atoms with Crippen molar-refractivity contribution in [1.29, 1.82) is 0 Å². The number of hydrogen-bond donors (Lipinski definition) is 3. The number of anilines is 1. The van der Waals surface area contributed by atoms with Crippen LogP contribution in [0.15, 0.2) is 46.7 Å². The lowest BCUT2D eigenvalue weighted by Crippen LogP contribution is -2.43. The number of carbonyl (C=O) groups is 3. The van der Waals surface area contributed by atoms with Crippen molar-refractivity contribution in [3.05, 3.63) is 46.7 Å². The molecule has 3 N–H and O–H groups in total. The Bertz CT molecular complexity index is 762. The average molecular weight is 361 g/mol. The lowest BCUT2D eigenvalue weighted by molar-refractivity contribution is -0.127. The maximum Gasteiger partial charge on any atom is 0.279 e. The molecule has 124 valence electrons. The van der Waals surface area contributed by atoms with Crippen molar-refractivity contribution in [2.24, 2.45) is 5.92 Å². The molecule has 1 atom stereocenters. The number of carbonyl (C=O) groups excluding carboxylic acids is 3. The van der Waals surface area contributed by atoms with E-state index in [4.69, 9.17) is 0 Å². The molecule has 0 radical (unpaired) electrons. The second-order valence-corrected chi connectivity index (χ2v) is 7.19. The highest BCUT2D eigenvalue weighted by molar-refractivity contribution is 7.99. The van der Waals surface area contributed by atoms with Crippen molar-refractivity contribution in [1.82, 2.24) is 10.9 Å². The van der Waals surface area contributed by atoms with Gasteiger partial charge in [-0.15, -0.1) is 23.1 Å². The Hall–Kier alpha value is -2.32. The molecule has 0 aliphatic carbocycles. The molecule has 0 fully saturated rings. The zero-order chi connectivity index (χ0) is 16.9. The topological polar surface area (TPSA) is 87.3 Å². The van der Waals surface area contributed by atoms with Crippen LogP contribution in [-0.2, 0) is 9.59 Å². The zero-order valence-electron chi connectivity index (χ0n) is 12.6. The van der Waals surface area contributed by atoms with Crippen LogP contribution in [0.3, 0.4) is 0 Å². The summed E-state index contributed by atoms with van der Waals surface area (Å²) in [4.78, 5) is 37.5.